The number of carboxylic acid groups (broad SMARTS) is 3. The molecule has 0 aromatic rings. The third-order valence-corrected chi connectivity index (χ3v) is 6.71. The zero-order valence-electron chi connectivity index (χ0n) is 27.0. The number of carbonyl (C=O) groups is 7. The first-order chi connectivity index (χ1) is 22.5. The van der Waals surface area contributed by atoms with Gasteiger partial charge < -0.3 is 46.1 Å². The van der Waals surface area contributed by atoms with E-state index in [2.05, 4.69) is 32.5 Å². The average Bonchev–Trinajstić information content (AvgIpc) is 3.01. The van der Waals surface area contributed by atoms with E-state index >= 15 is 0 Å². The number of amides is 4. The number of hydrogen-bond donors (Lipinski definition) is 9. The predicted octanol–water partition coefficient (Wildman–Crippen LogP) is -1.71. The molecule has 4 amide bonds. The van der Waals surface area contributed by atoms with Gasteiger partial charge in [0.05, 0.1) is 26.4 Å². The fraction of sp³-hybridized carbons (Fsp3) is 0.759. The summed E-state index contributed by atoms with van der Waals surface area (Å²) in [5, 5.41) is 37.2. The van der Waals surface area contributed by atoms with Crippen molar-refractivity contribution in [3.8, 4) is 0 Å². The second kappa shape index (κ2) is 28.4. The molecule has 0 bridgehead atoms. The maximum atomic E-state index is 12.2. The van der Waals surface area contributed by atoms with Gasteiger partial charge in [0.2, 0.25) is 23.6 Å². The van der Waals surface area contributed by atoms with Crippen molar-refractivity contribution in [2.75, 3.05) is 46.1 Å². The monoisotopic (exact) mass is 677 g/mol. The maximum absolute atomic E-state index is 12.2. The van der Waals surface area contributed by atoms with Crippen LogP contribution in [-0.2, 0) is 43.0 Å². The molecule has 0 heterocycles. The van der Waals surface area contributed by atoms with E-state index in [-0.39, 0.29) is 57.8 Å². The lowest BCUT2D eigenvalue weighted by Crippen LogP contribution is -2.70. The van der Waals surface area contributed by atoms with E-state index in [1.807, 2.05) is 0 Å². The van der Waals surface area contributed by atoms with E-state index in [4.69, 9.17) is 19.7 Å². The van der Waals surface area contributed by atoms with Gasteiger partial charge in [-0.3, -0.25) is 34.6 Å². The van der Waals surface area contributed by atoms with Crippen LogP contribution in [0.4, 0.5) is 0 Å². The van der Waals surface area contributed by atoms with Crippen LogP contribution in [0.1, 0.15) is 83.5 Å². The van der Waals surface area contributed by atoms with Crippen molar-refractivity contribution < 1.29 is 64.2 Å². The zero-order chi connectivity index (χ0) is 35.3. The molecule has 11 N–H and O–H groups in total. The normalized spacial score (nSPS) is 12.0. The first kappa shape index (κ1) is 43.1. The minimum Gasteiger partial charge on any atom is -0.481 e. The molecule has 0 radical (unpaired) electrons. The molecule has 270 valence electrons. The maximum Gasteiger partial charge on any atom is 0.326 e. The first-order valence-corrected chi connectivity index (χ1v) is 15.9. The highest BCUT2D eigenvalue weighted by molar-refractivity contribution is 5.87. The highest BCUT2D eigenvalue weighted by Crippen LogP contribution is 2.05. The number of aliphatic carboxylic acids is 3. The second-order valence-electron chi connectivity index (χ2n) is 10.7. The van der Waals surface area contributed by atoms with Gasteiger partial charge in [0.15, 0.2) is 6.04 Å². The van der Waals surface area contributed by atoms with Crippen molar-refractivity contribution in [3.05, 3.63) is 0 Å². The molecule has 0 aromatic carbocycles. The number of carbonyl (C=O) groups excluding carboxylic acids is 4. The summed E-state index contributed by atoms with van der Waals surface area (Å²) in [6.07, 6.45) is 4.17. The van der Waals surface area contributed by atoms with Crippen LogP contribution in [-0.4, -0.2) is 115 Å². The quantitative estimate of drug-likeness (QED) is 0.0292. The molecule has 47 heavy (non-hydrogen) atoms. The summed E-state index contributed by atoms with van der Waals surface area (Å²) in [4.78, 5) is 80.8. The van der Waals surface area contributed by atoms with E-state index in [0.29, 0.717) is 64.8 Å². The number of ether oxygens (including phenoxy) is 2. The number of quaternary nitrogens is 1. The Hall–Kier alpha value is -3.87. The number of carboxylic acids is 3. The van der Waals surface area contributed by atoms with Crippen molar-refractivity contribution in [1.82, 2.24) is 26.7 Å². The molecular weight excluding hydrogens is 624 g/mol. The minimum absolute atomic E-state index is 0.0831. The Morgan fingerprint density at radius 2 is 1.02 bits per heavy atom. The van der Waals surface area contributed by atoms with Gasteiger partial charge in [0, 0.05) is 51.7 Å². The molecule has 0 aliphatic rings. The van der Waals surface area contributed by atoms with Crippen LogP contribution in [0, 0.1) is 0 Å². The molecule has 0 fully saturated rings. The summed E-state index contributed by atoms with van der Waals surface area (Å²) in [6, 6.07) is -2.06. The number of rotatable bonds is 31. The summed E-state index contributed by atoms with van der Waals surface area (Å²) in [6.45, 7) is 1.96. The smallest absolute Gasteiger partial charge is 0.326 e. The lowest BCUT2D eigenvalue weighted by Gasteiger charge is -2.14. The second-order valence-corrected chi connectivity index (χ2v) is 10.7. The van der Waals surface area contributed by atoms with E-state index in [0.717, 1.165) is 12.8 Å². The Kier molecular flexibility index (Phi) is 26.0. The van der Waals surface area contributed by atoms with Crippen molar-refractivity contribution in [2.45, 2.75) is 95.6 Å². The lowest BCUT2D eigenvalue weighted by atomic mass is 10.1. The molecule has 0 unspecified atom stereocenters. The largest absolute Gasteiger partial charge is 0.481 e. The van der Waals surface area contributed by atoms with Gasteiger partial charge >= 0.3 is 17.9 Å². The van der Waals surface area contributed by atoms with Crippen molar-refractivity contribution >= 4 is 41.5 Å². The van der Waals surface area contributed by atoms with Crippen molar-refractivity contribution in [1.29, 1.82) is 0 Å². The average molecular weight is 678 g/mol. The highest BCUT2D eigenvalue weighted by atomic mass is 16.5. The van der Waals surface area contributed by atoms with Gasteiger partial charge in [-0.2, -0.15) is 5.43 Å². The van der Waals surface area contributed by atoms with Crippen molar-refractivity contribution in [2.24, 2.45) is 0 Å². The van der Waals surface area contributed by atoms with Crippen LogP contribution >= 0.6 is 0 Å². The van der Waals surface area contributed by atoms with E-state index in [1.54, 1.807) is 0 Å². The fourth-order valence-electron chi connectivity index (χ4n) is 4.07. The molecule has 18 nitrogen and oxygen atoms in total. The summed E-state index contributed by atoms with van der Waals surface area (Å²) in [5.41, 5.74) is 2.43. The molecule has 0 aliphatic heterocycles. The predicted molar refractivity (Wildman–Crippen MR) is 165 cm³/mol. The molecule has 0 spiro atoms. The van der Waals surface area contributed by atoms with Gasteiger partial charge in [-0.15, -0.1) is 0 Å². The van der Waals surface area contributed by atoms with Gasteiger partial charge in [-0.1, -0.05) is 12.8 Å². The number of hydrogen-bond acceptors (Lipinski definition) is 10. The molecule has 2 atom stereocenters. The topological polar surface area (TPSA) is 286 Å². The molecule has 0 saturated heterocycles. The summed E-state index contributed by atoms with van der Waals surface area (Å²) < 4.78 is 10.7. The highest BCUT2D eigenvalue weighted by Gasteiger charge is 2.21. The molecule has 0 aliphatic carbocycles. The van der Waals surface area contributed by atoms with Crippen LogP contribution in [0.2, 0.25) is 0 Å². The summed E-state index contributed by atoms with van der Waals surface area (Å²) >= 11 is 0. The van der Waals surface area contributed by atoms with Crippen LogP contribution in [0.5, 0.6) is 0 Å². The Labute approximate surface area is 274 Å². The molecular formula is C29H53N6O12+. The third-order valence-electron chi connectivity index (χ3n) is 6.71. The Bertz CT molecular complexity index is 968. The first-order valence-electron chi connectivity index (χ1n) is 15.9. The Morgan fingerprint density at radius 1 is 0.511 bits per heavy atom. The number of nitrogens with one attached hydrogen (secondary N) is 5. The summed E-state index contributed by atoms with van der Waals surface area (Å²) in [5.74, 6) is -1.31. The number of unbranched alkanes of at least 4 members (excludes halogenated alkanes) is 4. The molecule has 0 aromatic heterocycles. The van der Waals surface area contributed by atoms with E-state index < -0.39 is 47.7 Å². The van der Waals surface area contributed by atoms with Gasteiger partial charge in [-0.05, 0) is 38.5 Å². The van der Waals surface area contributed by atoms with Crippen LogP contribution < -0.4 is 32.5 Å². The Morgan fingerprint density at radius 3 is 1.57 bits per heavy atom. The zero-order valence-corrected chi connectivity index (χ0v) is 27.0. The van der Waals surface area contributed by atoms with E-state index in [1.165, 1.54) is 0 Å². The SMILES string of the molecule is [NH3+]N[C@@H](CCCCNC(=O)CC[C@H](NC(=O)CCC(=O)NCCOCCOCCNC(=O)CCCCCCC(=O)O)C(=O)O)C(=O)O. The van der Waals surface area contributed by atoms with Gasteiger partial charge in [0.25, 0.3) is 0 Å². The standard InChI is InChI=1S/C29H52N6O12/c30-35-22(29(44)45)7-5-6-14-31-24(37)11-10-21(28(42)43)34-26(39)13-12-25(38)33-16-18-47-20-19-46-17-15-32-23(36)8-3-1-2-4-9-27(40)41/h21-22,35H,1-20,30H2,(H,31,37)(H,32,36)(H,33,38)(H,34,39)(H,40,41)(H,42,43)(H,44,45)/p+1/t21-,22-/m0/s1. The minimum atomic E-state index is -1.31. The third kappa shape index (κ3) is 27.0. The lowest BCUT2D eigenvalue weighted by molar-refractivity contribution is -0.449. The molecule has 18 heteroatoms. The molecule has 0 saturated carbocycles. The molecule has 0 rings (SSSR count). The van der Waals surface area contributed by atoms with Crippen LogP contribution in [0.25, 0.3) is 0 Å². The van der Waals surface area contributed by atoms with Crippen molar-refractivity contribution in [3.63, 3.8) is 0 Å². The fourth-order valence-corrected chi connectivity index (χ4v) is 4.07. The van der Waals surface area contributed by atoms with E-state index in [9.17, 15) is 38.7 Å². The van der Waals surface area contributed by atoms with Crippen LogP contribution in [0.3, 0.4) is 0 Å². The van der Waals surface area contributed by atoms with Crippen LogP contribution in [0.15, 0.2) is 0 Å². The Balaban J connectivity index is 3.83. The summed E-state index contributed by atoms with van der Waals surface area (Å²) in [7, 11) is 0. The van der Waals surface area contributed by atoms with Gasteiger partial charge in [-0.25, -0.2) is 4.79 Å². The van der Waals surface area contributed by atoms with Gasteiger partial charge in [0.1, 0.15) is 6.04 Å².